The van der Waals surface area contributed by atoms with Gasteiger partial charge >= 0.3 is 35.8 Å². The molecule has 4 unspecified atom stereocenters. The minimum atomic E-state index is -0.518. The highest BCUT2D eigenvalue weighted by atomic mass is 16.7. The van der Waals surface area contributed by atoms with Crippen molar-refractivity contribution in [2.75, 3.05) is 124 Å². The van der Waals surface area contributed by atoms with Crippen LogP contribution in [-0.2, 0) is 111 Å². The molecule has 28 heteroatoms. The van der Waals surface area contributed by atoms with Crippen LogP contribution >= 0.6 is 0 Å². The zero-order valence-electron chi connectivity index (χ0n) is 79.9. The number of esters is 6. The van der Waals surface area contributed by atoms with Crippen molar-refractivity contribution >= 4 is 35.8 Å². The maximum absolute atomic E-state index is 13.5. The lowest BCUT2D eigenvalue weighted by Gasteiger charge is -2.28. The molecule has 0 saturated carbocycles. The predicted molar refractivity (Wildman–Crippen MR) is 494 cm³/mol. The molecule has 8 rings (SSSR count). The van der Waals surface area contributed by atoms with Crippen molar-refractivity contribution in [2.45, 2.75) is 270 Å². The summed E-state index contributed by atoms with van der Waals surface area (Å²) < 4.78 is 111. The molecule has 4 aromatic rings. The fraction of sp³-hybridized carbons (Fsp3) is 0.627. The maximum Gasteiger partial charge on any atom is 0.342 e. The van der Waals surface area contributed by atoms with E-state index in [0.29, 0.717) is 135 Å². The lowest BCUT2D eigenvalue weighted by Crippen LogP contribution is -2.32. The highest BCUT2D eigenvalue weighted by Crippen LogP contribution is 2.35. The van der Waals surface area contributed by atoms with Gasteiger partial charge in [-0.25, -0.2) is 19.2 Å². The van der Waals surface area contributed by atoms with Gasteiger partial charge in [0, 0.05) is 120 Å². The number of fused-ring (bicyclic) bond motifs is 4. The molecule has 0 bridgehead atoms. The summed E-state index contributed by atoms with van der Waals surface area (Å²) in [6.45, 7) is 13.7. The number of unbranched alkanes of at least 4 members (excludes halogenated alkanes) is 8. The largest absolute Gasteiger partial charge is 0.496 e. The Labute approximate surface area is 772 Å². The van der Waals surface area contributed by atoms with Crippen molar-refractivity contribution in [3.05, 3.63) is 166 Å². The molecule has 4 aliphatic rings. The second-order valence-electron chi connectivity index (χ2n) is 33.1. The zero-order valence-corrected chi connectivity index (χ0v) is 79.9. The molecule has 4 aromatic carbocycles. The summed E-state index contributed by atoms with van der Waals surface area (Å²) >= 11 is 0. The fourth-order valence-corrected chi connectivity index (χ4v) is 15.5. The summed E-state index contributed by atoms with van der Waals surface area (Å²) in [5.41, 5.74) is 4.99. The van der Waals surface area contributed by atoms with E-state index in [4.69, 9.17) is 94.7 Å². The summed E-state index contributed by atoms with van der Waals surface area (Å²) in [6.07, 6.45) is 34.6. The van der Waals surface area contributed by atoms with Crippen LogP contribution in [0, 0.1) is 23.7 Å². The van der Waals surface area contributed by atoms with E-state index in [0.717, 1.165) is 86.5 Å². The van der Waals surface area contributed by atoms with Crippen LogP contribution < -0.4 is 18.9 Å². The first-order valence-electron chi connectivity index (χ1n) is 46.4. The van der Waals surface area contributed by atoms with Crippen molar-refractivity contribution < 1.29 is 134 Å². The van der Waals surface area contributed by atoms with E-state index in [2.05, 4.69) is 84.1 Å². The van der Waals surface area contributed by atoms with Crippen LogP contribution in [0.4, 0.5) is 0 Å². The fourth-order valence-electron chi connectivity index (χ4n) is 15.5. The molecule has 12 atom stereocenters. The molecule has 2 N–H and O–H groups in total. The lowest BCUT2D eigenvalue weighted by molar-refractivity contribution is -0.146. The summed E-state index contributed by atoms with van der Waals surface area (Å²) in [5, 5.41) is 18.9. The number of benzene rings is 4. The summed E-state index contributed by atoms with van der Waals surface area (Å²) in [7, 11) is 12.5. The standard InChI is InChI=1S/C30H46O8.C29H44O7.C22H32O7.C21H30O6/c1-5-6-7-8-9-17-28(31)35-19-18-25-20-27(37-22-34-4)23(2)13-10-11-14-24-15-12-16-26(36-21-33-3)29(24)30(32)38-25;1-5-6-7-8-9-17-27(30)34-19-18-24-20-26(35-21-32-3)22(2)13-10-11-14-23-15-12-16-25(33-4)28(23)29(31)36-24;1-16-7-4-5-8-17-9-6-10-19(27-14-25-2)21(17)22(24)29-18(11-12-23)13-20(16)28-15-26-3;1-15-7-4-5-8-16-9-6-10-18(25-3)20(16)21(23)27-17(11-12-22)13-19(15)26-14-24-2/h10-12,15-16,23,25,27H,5-9,13-14,17-22H2,1-4H3;10-12,15-16,22,24,26H,5-9,13-14,17-21H2,1-4H3;4-6,9-10,16,18,20,23H,7-8,11-15H2,1-3H3;4-6,9-10,15,17,19,22H,7-8,11-14H2,1-3H3/b2*11-10+;2*5-4+/t23-,25?,27+;22-,24?,26+;16-,18?,20+;15-,17?,19+/m1010/s1. The van der Waals surface area contributed by atoms with Gasteiger partial charge in [0.05, 0.1) is 51.8 Å². The second-order valence-corrected chi connectivity index (χ2v) is 33.1. The average molecular weight is 1830 g/mol. The van der Waals surface area contributed by atoms with E-state index in [1.54, 1.807) is 59.8 Å². The first-order chi connectivity index (χ1) is 63.2. The van der Waals surface area contributed by atoms with E-state index in [-0.39, 0.29) is 127 Å². The molecule has 0 aliphatic carbocycles. The van der Waals surface area contributed by atoms with E-state index in [9.17, 15) is 39.0 Å². The average Bonchev–Trinajstić information content (AvgIpc) is 0.821. The molecule has 28 nitrogen and oxygen atoms in total. The monoisotopic (exact) mass is 1830 g/mol. The van der Waals surface area contributed by atoms with E-state index in [1.807, 2.05) is 54.6 Å². The van der Waals surface area contributed by atoms with Gasteiger partial charge in [0.15, 0.2) is 13.6 Å². The number of hydrogen-bond acceptors (Lipinski definition) is 28. The van der Waals surface area contributed by atoms with Crippen molar-refractivity contribution in [3.63, 3.8) is 0 Å². The molecule has 0 amide bonds. The number of aliphatic hydroxyl groups is 2. The Morgan fingerprint density at radius 3 is 0.862 bits per heavy atom. The normalized spacial score (nSPS) is 22.6. The van der Waals surface area contributed by atoms with Gasteiger partial charge in [0.1, 0.15) is 96.8 Å². The highest BCUT2D eigenvalue weighted by Gasteiger charge is 2.34. The predicted octanol–water partition coefficient (Wildman–Crippen LogP) is 18.3. The third-order valence-electron chi connectivity index (χ3n) is 22.9. The van der Waals surface area contributed by atoms with Crippen LogP contribution in [0.1, 0.15) is 259 Å². The Bertz CT molecular complexity index is 3950. The van der Waals surface area contributed by atoms with Crippen molar-refractivity contribution in [1.82, 2.24) is 0 Å². The number of aliphatic hydroxyl groups excluding tert-OH is 2. The lowest BCUT2D eigenvalue weighted by atomic mass is 9.93. The second kappa shape index (κ2) is 67.5. The van der Waals surface area contributed by atoms with Gasteiger partial charge in [-0.3, -0.25) is 9.59 Å². The van der Waals surface area contributed by atoms with E-state index >= 15 is 0 Å². The molecular weight excluding hydrogens is 1670 g/mol. The maximum atomic E-state index is 13.5. The number of allylic oxidation sites excluding steroid dienone is 8. The van der Waals surface area contributed by atoms with Gasteiger partial charge in [-0.2, -0.15) is 0 Å². The molecule has 0 spiro atoms. The van der Waals surface area contributed by atoms with Gasteiger partial charge in [-0.15, -0.1) is 0 Å². The SMILES string of the molecule is CCCCCCCC(=O)OCCC1C[C@@H](OCOC)[C@@H](C)C/C=C/Cc2cccc(OC)c2C(=O)O1.CCCCCCCC(=O)OCCC1C[C@H](OCOC)[C@H](C)C/C=C/Cc2cccc(OCOC)c2C(=O)O1.COCO[C@@H]1CC(CCO)OC(=O)c2c(cccc2OC)C/C=C/C[C@@H]1C.COCOc1cccc2c1C(=O)OC(CCO)C[C@H](OCOC)[C@H](C)C/C=C/C2. The third kappa shape index (κ3) is 42.1. The summed E-state index contributed by atoms with van der Waals surface area (Å²) in [6, 6.07) is 22.0. The van der Waals surface area contributed by atoms with Crippen LogP contribution in [0.2, 0.25) is 0 Å². The number of carbonyl (C=O) groups excluding carboxylic acids is 6. The van der Waals surface area contributed by atoms with Crippen molar-refractivity contribution in [1.29, 1.82) is 0 Å². The first-order valence-corrected chi connectivity index (χ1v) is 46.4. The molecule has 0 aromatic heterocycles. The minimum Gasteiger partial charge on any atom is -0.496 e. The number of methoxy groups -OCH3 is 8. The Balaban J connectivity index is 0.000000310. The number of cyclic esters (lactones) is 4. The Kier molecular flexibility index (Phi) is 58.1. The Hall–Kier alpha value is -8.62. The Morgan fingerprint density at radius 2 is 0.600 bits per heavy atom. The van der Waals surface area contributed by atoms with E-state index < -0.39 is 48.3 Å². The van der Waals surface area contributed by atoms with Crippen LogP contribution in [0.15, 0.2) is 121 Å². The third-order valence-corrected chi connectivity index (χ3v) is 22.9. The summed E-state index contributed by atoms with van der Waals surface area (Å²) in [5.74, 6) is 0.335. The molecule has 0 fully saturated rings. The van der Waals surface area contributed by atoms with Crippen LogP contribution in [0.5, 0.6) is 23.0 Å². The highest BCUT2D eigenvalue weighted by molar-refractivity contribution is 5.96. The van der Waals surface area contributed by atoms with Crippen LogP contribution in [-0.4, -0.2) is 219 Å². The molecule has 130 heavy (non-hydrogen) atoms. The van der Waals surface area contributed by atoms with Gasteiger partial charge in [0.25, 0.3) is 0 Å². The van der Waals surface area contributed by atoms with Crippen molar-refractivity contribution in [3.8, 4) is 23.0 Å². The summed E-state index contributed by atoms with van der Waals surface area (Å²) in [4.78, 5) is 77.3. The number of rotatable bonds is 42. The van der Waals surface area contributed by atoms with Gasteiger partial charge in [-0.1, -0.05) is 190 Å². The van der Waals surface area contributed by atoms with Crippen molar-refractivity contribution in [2.24, 2.45) is 23.7 Å². The minimum absolute atomic E-state index is 0.0157. The topological polar surface area (TPSA) is 327 Å². The van der Waals surface area contributed by atoms with Crippen LogP contribution in [0.25, 0.3) is 0 Å². The van der Waals surface area contributed by atoms with Gasteiger partial charge in [0.2, 0.25) is 0 Å². The molecule has 4 aliphatic heterocycles. The zero-order chi connectivity index (χ0) is 94.5. The number of ether oxygens (including phenoxy) is 20. The number of hydrogen-bond donors (Lipinski definition) is 2. The van der Waals surface area contributed by atoms with Crippen LogP contribution in [0.3, 0.4) is 0 Å². The van der Waals surface area contributed by atoms with E-state index in [1.165, 1.54) is 47.0 Å². The number of carbonyl (C=O) groups is 6. The van der Waals surface area contributed by atoms with Gasteiger partial charge in [-0.05, 0) is 134 Å². The molecule has 0 radical (unpaired) electrons. The van der Waals surface area contributed by atoms with Gasteiger partial charge < -0.3 is 105 Å². The Morgan fingerprint density at radius 1 is 0.338 bits per heavy atom. The molecule has 728 valence electrons. The quantitative estimate of drug-likeness (QED) is 0.0137. The molecule has 4 heterocycles. The molecule has 0 saturated heterocycles. The first kappa shape index (κ1) is 112. The smallest absolute Gasteiger partial charge is 0.342 e. The molecular formula is C102H152O28.